The highest BCUT2D eigenvalue weighted by atomic mass is 16.5. The van der Waals surface area contributed by atoms with E-state index in [9.17, 15) is 0 Å². The summed E-state index contributed by atoms with van der Waals surface area (Å²) in [5.74, 6) is 1.72. The van der Waals surface area contributed by atoms with Gasteiger partial charge in [-0.2, -0.15) is 0 Å². The summed E-state index contributed by atoms with van der Waals surface area (Å²) >= 11 is 0. The average molecular weight is 235 g/mol. The van der Waals surface area contributed by atoms with Crippen LogP contribution in [0.25, 0.3) is 0 Å². The molecule has 1 aromatic carbocycles. The molecule has 0 amide bonds. The number of hydrogen-bond donors (Lipinski definition) is 1. The molecule has 2 N–H and O–H groups in total. The summed E-state index contributed by atoms with van der Waals surface area (Å²) in [5, 5.41) is 0. The van der Waals surface area contributed by atoms with E-state index < -0.39 is 0 Å². The van der Waals surface area contributed by atoms with E-state index in [0.717, 1.165) is 24.3 Å². The van der Waals surface area contributed by atoms with E-state index in [2.05, 4.69) is 19.9 Å². The molecule has 0 aliphatic carbocycles. The van der Waals surface area contributed by atoms with Crippen molar-refractivity contribution in [3.05, 3.63) is 23.3 Å². The number of methoxy groups -OCH3 is 1. The van der Waals surface area contributed by atoms with Crippen molar-refractivity contribution in [3.63, 3.8) is 0 Å². The number of hydrogen-bond acceptors (Lipinski definition) is 3. The highest BCUT2D eigenvalue weighted by molar-refractivity contribution is 5.52. The van der Waals surface area contributed by atoms with E-state index in [-0.39, 0.29) is 11.6 Å². The van der Waals surface area contributed by atoms with Gasteiger partial charge in [-0.1, -0.05) is 6.07 Å². The third kappa shape index (κ3) is 2.55. The lowest BCUT2D eigenvalue weighted by molar-refractivity contribution is 0.134. The lowest BCUT2D eigenvalue weighted by Crippen LogP contribution is -2.24. The molecule has 2 rings (SSSR count). The number of rotatable bonds is 3. The molecule has 1 unspecified atom stereocenters. The van der Waals surface area contributed by atoms with Gasteiger partial charge in [-0.25, -0.2) is 0 Å². The van der Waals surface area contributed by atoms with Gasteiger partial charge in [0.05, 0.1) is 7.11 Å². The quantitative estimate of drug-likeness (QED) is 0.874. The normalized spacial score (nSPS) is 18.4. The van der Waals surface area contributed by atoms with Gasteiger partial charge in [-0.15, -0.1) is 0 Å². The van der Waals surface area contributed by atoms with E-state index in [1.807, 2.05) is 13.0 Å². The molecule has 1 aromatic rings. The third-order valence-electron chi connectivity index (χ3n) is 2.96. The van der Waals surface area contributed by atoms with Crippen LogP contribution in [0.2, 0.25) is 0 Å². The minimum Gasteiger partial charge on any atom is -0.493 e. The highest BCUT2D eigenvalue weighted by Gasteiger charge is 2.32. The van der Waals surface area contributed by atoms with Crippen LogP contribution in [0.1, 0.15) is 31.9 Å². The van der Waals surface area contributed by atoms with Crippen molar-refractivity contribution in [3.8, 4) is 11.5 Å². The Morgan fingerprint density at radius 1 is 1.47 bits per heavy atom. The molecule has 1 heterocycles. The fourth-order valence-corrected chi connectivity index (χ4v) is 2.38. The first-order valence-corrected chi connectivity index (χ1v) is 6.05. The Morgan fingerprint density at radius 2 is 2.18 bits per heavy atom. The molecule has 0 fully saturated rings. The van der Waals surface area contributed by atoms with Crippen molar-refractivity contribution < 1.29 is 9.47 Å². The topological polar surface area (TPSA) is 44.5 Å². The molecule has 94 valence electrons. The third-order valence-corrected chi connectivity index (χ3v) is 2.96. The zero-order valence-electron chi connectivity index (χ0n) is 11.0. The van der Waals surface area contributed by atoms with Gasteiger partial charge in [-0.05, 0) is 38.8 Å². The summed E-state index contributed by atoms with van der Waals surface area (Å²) in [6.45, 7) is 6.20. The molecule has 0 saturated carbocycles. The monoisotopic (exact) mass is 235 g/mol. The summed E-state index contributed by atoms with van der Waals surface area (Å²) in [7, 11) is 1.68. The average Bonchev–Trinajstić information content (AvgIpc) is 2.49. The van der Waals surface area contributed by atoms with Crippen LogP contribution in [0.3, 0.4) is 0 Å². The SMILES string of the molecule is COc1cc(CC(C)N)cc2c1OC(C)(C)C2. The molecule has 0 spiro atoms. The lowest BCUT2D eigenvalue weighted by atomic mass is 9.98. The Kier molecular flexibility index (Phi) is 3.04. The lowest BCUT2D eigenvalue weighted by Gasteiger charge is -2.17. The van der Waals surface area contributed by atoms with Crippen LogP contribution in [0.4, 0.5) is 0 Å². The molecule has 1 aliphatic heterocycles. The standard InChI is InChI=1S/C14H21NO2/c1-9(15)5-10-6-11-8-14(2,3)17-13(11)12(7-10)16-4/h6-7,9H,5,8,15H2,1-4H3. The van der Waals surface area contributed by atoms with Gasteiger partial charge < -0.3 is 15.2 Å². The summed E-state index contributed by atoms with van der Waals surface area (Å²) in [4.78, 5) is 0. The minimum absolute atomic E-state index is 0.136. The van der Waals surface area contributed by atoms with E-state index >= 15 is 0 Å². The number of fused-ring (bicyclic) bond motifs is 1. The van der Waals surface area contributed by atoms with Crippen LogP contribution in [-0.4, -0.2) is 18.8 Å². The first-order valence-electron chi connectivity index (χ1n) is 6.05. The molecular weight excluding hydrogens is 214 g/mol. The molecule has 17 heavy (non-hydrogen) atoms. The Balaban J connectivity index is 2.38. The predicted molar refractivity (Wildman–Crippen MR) is 68.8 cm³/mol. The van der Waals surface area contributed by atoms with Gasteiger partial charge in [0.2, 0.25) is 0 Å². The number of ether oxygens (including phenoxy) is 2. The maximum Gasteiger partial charge on any atom is 0.165 e. The summed E-state index contributed by atoms with van der Waals surface area (Å²) < 4.78 is 11.3. The summed E-state index contributed by atoms with van der Waals surface area (Å²) in [5.41, 5.74) is 8.15. The van der Waals surface area contributed by atoms with E-state index in [4.69, 9.17) is 15.2 Å². The van der Waals surface area contributed by atoms with Crippen molar-refractivity contribution in [1.82, 2.24) is 0 Å². The van der Waals surface area contributed by atoms with Crippen molar-refractivity contribution in [2.75, 3.05) is 7.11 Å². The van der Waals surface area contributed by atoms with Crippen molar-refractivity contribution >= 4 is 0 Å². The van der Waals surface area contributed by atoms with Gasteiger partial charge in [0.1, 0.15) is 5.60 Å². The smallest absolute Gasteiger partial charge is 0.165 e. The van der Waals surface area contributed by atoms with E-state index in [0.29, 0.717) is 0 Å². The first-order chi connectivity index (χ1) is 7.91. The van der Waals surface area contributed by atoms with Gasteiger partial charge in [0, 0.05) is 18.0 Å². The molecule has 3 nitrogen and oxygen atoms in total. The maximum absolute atomic E-state index is 5.92. The second-order valence-corrected chi connectivity index (χ2v) is 5.51. The predicted octanol–water partition coefficient (Wildman–Crippen LogP) is 2.30. The Labute approximate surface area is 103 Å². The van der Waals surface area contributed by atoms with E-state index in [1.54, 1.807) is 7.11 Å². The van der Waals surface area contributed by atoms with E-state index in [1.165, 1.54) is 11.1 Å². The zero-order chi connectivity index (χ0) is 12.6. The van der Waals surface area contributed by atoms with Gasteiger partial charge in [0.25, 0.3) is 0 Å². The number of nitrogens with two attached hydrogens (primary N) is 1. The van der Waals surface area contributed by atoms with Gasteiger partial charge in [0.15, 0.2) is 11.5 Å². The maximum atomic E-state index is 5.92. The van der Waals surface area contributed by atoms with Gasteiger partial charge in [-0.3, -0.25) is 0 Å². The Morgan fingerprint density at radius 3 is 2.76 bits per heavy atom. The fourth-order valence-electron chi connectivity index (χ4n) is 2.38. The second kappa shape index (κ2) is 4.22. The Bertz CT molecular complexity index is 424. The molecule has 3 heteroatoms. The summed E-state index contributed by atoms with van der Waals surface area (Å²) in [6, 6.07) is 4.38. The molecule has 1 atom stereocenters. The van der Waals surface area contributed by atoms with Crippen molar-refractivity contribution in [1.29, 1.82) is 0 Å². The highest BCUT2D eigenvalue weighted by Crippen LogP contribution is 2.42. The molecule has 1 aliphatic rings. The minimum atomic E-state index is -0.136. The second-order valence-electron chi connectivity index (χ2n) is 5.51. The van der Waals surface area contributed by atoms with Crippen molar-refractivity contribution in [2.24, 2.45) is 5.73 Å². The van der Waals surface area contributed by atoms with Crippen LogP contribution in [0.15, 0.2) is 12.1 Å². The largest absolute Gasteiger partial charge is 0.493 e. The molecule has 0 saturated heterocycles. The molecular formula is C14H21NO2. The van der Waals surface area contributed by atoms with Gasteiger partial charge >= 0.3 is 0 Å². The molecule has 0 radical (unpaired) electrons. The number of benzene rings is 1. The summed E-state index contributed by atoms with van der Waals surface area (Å²) in [6.07, 6.45) is 1.79. The van der Waals surface area contributed by atoms with Crippen LogP contribution >= 0.6 is 0 Å². The molecule has 0 bridgehead atoms. The van der Waals surface area contributed by atoms with Crippen molar-refractivity contribution in [2.45, 2.75) is 45.3 Å². The van der Waals surface area contributed by atoms with Crippen LogP contribution in [-0.2, 0) is 12.8 Å². The van der Waals surface area contributed by atoms with Crippen LogP contribution < -0.4 is 15.2 Å². The fraction of sp³-hybridized carbons (Fsp3) is 0.571. The zero-order valence-corrected chi connectivity index (χ0v) is 11.0. The van der Waals surface area contributed by atoms with Crippen LogP contribution in [0.5, 0.6) is 11.5 Å². The first kappa shape index (κ1) is 12.2. The Hall–Kier alpha value is -1.22. The van der Waals surface area contributed by atoms with Crippen LogP contribution in [0, 0.1) is 0 Å². The molecule has 0 aromatic heterocycles.